The summed E-state index contributed by atoms with van der Waals surface area (Å²) in [6, 6.07) is 9.17. The first-order chi connectivity index (χ1) is 7.70. The van der Waals surface area contributed by atoms with Gasteiger partial charge in [0, 0.05) is 6.04 Å². The Labute approximate surface area is 99.0 Å². The van der Waals surface area contributed by atoms with E-state index in [0.29, 0.717) is 12.0 Å². The largest absolute Gasteiger partial charge is 0.327 e. The smallest absolute Gasteiger partial charge is 0.00760 e. The zero-order valence-electron chi connectivity index (χ0n) is 10.4. The normalized spacial score (nSPS) is 19.4. The standard InChI is InChI=1S/C15H23N/c1-3-11(2)8-15(16)14-9-12-6-4-5-7-13(12)10-14/h4-7,11,14-15H,3,8-10,16H2,1-2H3. The molecule has 0 bridgehead atoms. The van der Waals surface area contributed by atoms with Crippen LogP contribution in [0.15, 0.2) is 24.3 Å². The van der Waals surface area contributed by atoms with Crippen LogP contribution in [-0.2, 0) is 12.8 Å². The number of rotatable bonds is 4. The fourth-order valence-electron chi connectivity index (χ4n) is 2.72. The molecular formula is C15H23N. The summed E-state index contributed by atoms with van der Waals surface area (Å²) in [6.07, 6.45) is 4.80. The van der Waals surface area contributed by atoms with Crippen molar-refractivity contribution in [3.8, 4) is 0 Å². The van der Waals surface area contributed by atoms with Gasteiger partial charge in [0.05, 0.1) is 0 Å². The molecule has 1 heteroatoms. The second-order valence-electron chi connectivity index (χ2n) is 5.35. The zero-order valence-corrected chi connectivity index (χ0v) is 10.4. The Bertz CT molecular complexity index is 320. The van der Waals surface area contributed by atoms with E-state index < -0.39 is 0 Å². The van der Waals surface area contributed by atoms with E-state index in [1.54, 1.807) is 0 Å². The maximum absolute atomic E-state index is 6.33. The van der Waals surface area contributed by atoms with Crippen molar-refractivity contribution in [3.63, 3.8) is 0 Å². The van der Waals surface area contributed by atoms with Crippen LogP contribution in [0.25, 0.3) is 0 Å². The molecule has 1 nitrogen and oxygen atoms in total. The van der Waals surface area contributed by atoms with Crippen molar-refractivity contribution in [1.82, 2.24) is 0 Å². The highest BCUT2D eigenvalue weighted by molar-refractivity contribution is 5.32. The minimum Gasteiger partial charge on any atom is -0.327 e. The molecule has 2 unspecified atom stereocenters. The van der Waals surface area contributed by atoms with E-state index in [0.717, 1.165) is 5.92 Å². The van der Waals surface area contributed by atoms with Gasteiger partial charge < -0.3 is 5.73 Å². The zero-order chi connectivity index (χ0) is 11.5. The second-order valence-corrected chi connectivity index (χ2v) is 5.35. The maximum Gasteiger partial charge on any atom is 0.00760 e. The summed E-state index contributed by atoms with van der Waals surface area (Å²) in [5, 5.41) is 0. The van der Waals surface area contributed by atoms with Crippen LogP contribution in [0.2, 0.25) is 0 Å². The Morgan fingerprint density at radius 3 is 2.31 bits per heavy atom. The van der Waals surface area contributed by atoms with Crippen molar-refractivity contribution in [2.75, 3.05) is 0 Å². The van der Waals surface area contributed by atoms with Crippen LogP contribution < -0.4 is 5.73 Å². The second kappa shape index (κ2) is 5.01. The van der Waals surface area contributed by atoms with Gasteiger partial charge in [-0.2, -0.15) is 0 Å². The van der Waals surface area contributed by atoms with Crippen molar-refractivity contribution in [1.29, 1.82) is 0 Å². The Balaban J connectivity index is 1.95. The Morgan fingerprint density at radius 2 is 1.81 bits per heavy atom. The van der Waals surface area contributed by atoms with Crippen molar-refractivity contribution in [3.05, 3.63) is 35.4 Å². The first kappa shape index (κ1) is 11.7. The predicted molar refractivity (Wildman–Crippen MR) is 69.4 cm³/mol. The average molecular weight is 217 g/mol. The summed E-state index contributed by atoms with van der Waals surface area (Å²) < 4.78 is 0. The Kier molecular flexibility index (Phi) is 3.65. The molecule has 2 atom stereocenters. The highest BCUT2D eigenvalue weighted by Gasteiger charge is 2.26. The van der Waals surface area contributed by atoms with Gasteiger partial charge in [0.15, 0.2) is 0 Å². The van der Waals surface area contributed by atoms with Gasteiger partial charge in [-0.15, -0.1) is 0 Å². The number of fused-ring (bicyclic) bond motifs is 1. The van der Waals surface area contributed by atoms with Crippen LogP contribution in [0.5, 0.6) is 0 Å². The highest BCUT2D eigenvalue weighted by atomic mass is 14.7. The van der Waals surface area contributed by atoms with E-state index in [2.05, 4.69) is 38.1 Å². The molecule has 1 aliphatic rings. The molecule has 0 aliphatic heterocycles. The van der Waals surface area contributed by atoms with Crippen LogP contribution in [0.1, 0.15) is 37.8 Å². The third kappa shape index (κ3) is 2.46. The topological polar surface area (TPSA) is 26.0 Å². The molecule has 2 N–H and O–H groups in total. The van der Waals surface area contributed by atoms with Crippen LogP contribution in [0.3, 0.4) is 0 Å². The SMILES string of the molecule is CCC(C)CC(N)C1Cc2ccccc2C1. The van der Waals surface area contributed by atoms with E-state index in [1.807, 2.05) is 0 Å². The molecule has 1 aliphatic carbocycles. The Hall–Kier alpha value is -0.820. The monoisotopic (exact) mass is 217 g/mol. The van der Waals surface area contributed by atoms with Gasteiger partial charge in [0.25, 0.3) is 0 Å². The first-order valence-electron chi connectivity index (χ1n) is 6.53. The quantitative estimate of drug-likeness (QED) is 0.823. The lowest BCUT2D eigenvalue weighted by Gasteiger charge is -2.21. The summed E-state index contributed by atoms with van der Waals surface area (Å²) in [6.45, 7) is 4.56. The lowest BCUT2D eigenvalue weighted by Crippen LogP contribution is -2.32. The molecule has 0 amide bonds. The third-order valence-electron chi connectivity index (χ3n) is 4.06. The molecule has 0 fully saturated rings. The highest BCUT2D eigenvalue weighted by Crippen LogP contribution is 2.30. The lowest BCUT2D eigenvalue weighted by atomic mass is 9.89. The summed E-state index contributed by atoms with van der Waals surface area (Å²) >= 11 is 0. The molecule has 0 spiro atoms. The number of nitrogens with two attached hydrogens (primary N) is 1. The van der Waals surface area contributed by atoms with Crippen molar-refractivity contribution in [2.24, 2.45) is 17.6 Å². The molecule has 0 saturated heterocycles. The van der Waals surface area contributed by atoms with E-state index in [4.69, 9.17) is 5.73 Å². The number of hydrogen-bond acceptors (Lipinski definition) is 1. The fraction of sp³-hybridized carbons (Fsp3) is 0.600. The molecule has 1 aromatic carbocycles. The minimum atomic E-state index is 0.377. The summed E-state index contributed by atoms with van der Waals surface area (Å²) in [4.78, 5) is 0. The van der Waals surface area contributed by atoms with Gasteiger partial charge >= 0.3 is 0 Å². The van der Waals surface area contributed by atoms with Crippen LogP contribution in [-0.4, -0.2) is 6.04 Å². The molecule has 88 valence electrons. The van der Waals surface area contributed by atoms with E-state index in [-0.39, 0.29) is 0 Å². The fourth-order valence-corrected chi connectivity index (χ4v) is 2.72. The lowest BCUT2D eigenvalue weighted by molar-refractivity contribution is 0.356. The van der Waals surface area contributed by atoms with Gasteiger partial charge in [-0.05, 0) is 42.2 Å². The Morgan fingerprint density at radius 1 is 1.25 bits per heavy atom. The molecule has 0 heterocycles. The molecule has 0 saturated carbocycles. The molecule has 0 aromatic heterocycles. The van der Waals surface area contributed by atoms with Gasteiger partial charge in [-0.1, -0.05) is 44.5 Å². The minimum absolute atomic E-state index is 0.377. The van der Waals surface area contributed by atoms with Crippen LogP contribution >= 0.6 is 0 Å². The van der Waals surface area contributed by atoms with Crippen molar-refractivity contribution < 1.29 is 0 Å². The first-order valence-corrected chi connectivity index (χ1v) is 6.53. The van der Waals surface area contributed by atoms with E-state index in [1.165, 1.54) is 36.8 Å². The summed E-state index contributed by atoms with van der Waals surface area (Å²) in [5.41, 5.74) is 9.38. The van der Waals surface area contributed by atoms with Gasteiger partial charge in [0.2, 0.25) is 0 Å². The molecule has 16 heavy (non-hydrogen) atoms. The van der Waals surface area contributed by atoms with Gasteiger partial charge in [-0.3, -0.25) is 0 Å². The van der Waals surface area contributed by atoms with Gasteiger partial charge in [0.1, 0.15) is 0 Å². The van der Waals surface area contributed by atoms with Crippen LogP contribution in [0.4, 0.5) is 0 Å². The number of benzene rings is 1. The third-order valence-corrected chi connectivity index (χ3v) is 4.06. The summed E-state index contributed by atoms with van der Waals surface area (Å²) in [7, 11) is 0. The van der Waals surface area contributed by atoms with E-state index in [9.17, 15) is 0 Å². The van der Waals surface area contributed by atoms with Crippen molar-refractivity contribution in [2.45, 2.75) is 45.6 Å². The number of hydrogen-bond donors (Lipinski definition) is 1. The van der Waals surface area contributed by atoms with Crippen LogP contribution in [0, 0.1) is 11.8 Å². The molecule has 2 rings (SSSR count). The average Bonchev–Trinajstić information content (AvgIpc) is 2.72. The van der Waals surface area contributed by atoms with Gasteiger partial charge in [-0.25, -0.2) is 0 Å². The molecular weight excluding hydrogens is 194 g/mol. The summed E-state index contributed by atoms with van der Waals surface area (Å²) in [5.74, 6) is 1.44. The van der Waals surface area contributed by atoms with E-state index >= 15 is 0 Å². The van der Waals surface area contributed by atoms with Crippen molar-refractivity contribution >= 4 is 0 Å². The molecule has 0 radical (unpaired) electrons. The predicted octanol–water partition coefficient (Wildman–Crippen LogP) is 3.16. The molecule has 1 aromatic rings. The maximum atomic E-state index is 6.33.